The van der Waals surface area contributed by atoms with Crippen molar-refractivity contribution < 1.29 is 22.7 Å². The molecule has 1 fully saturated rings. The summed E-state index contributed by atoms with van der Waals surface area (Å²) in [7, 11) is 3.98. The maximum Gasteiger partial charge on any atom is 0.573 e. The Morgan fingerprint density at radius 2 is 1.71 bits per heavy atom. The number of aryl methyl sites for hydroxylation is 1. The molecule has 2 aliphatic carbocycles. The van der Waals surface area contributed by atoms with E-state index in [2.05, 4.69) is 10.1 Å². The molecule has 1 heterocycles. The molecule has 8 nitrogen and oxygen atoms in total. The number of nitrogens with one attached hydrogen (secondary N) is 1. The molecule has 0 unspecified atom stereocenters. The molecule has 11 heteroatoms. The number of amides is 2. The molecule has 1 aromatic carbocycles. The van der Waals surface area contributed by atoms with Gasteiger partial charge in [0, 0.05) is 37.4 Å². The van der Waals surface area contributed by atoms with Gasteiger partial charge in [0.15, 0.2) is 0 Å². The van der Waals surface area contributed by atoms with Crippen molar-refractivity contribution in [3.05, 3.63) is 35.5 Å². The molecular formula is C24H31F3N6O2. The zero-order chi connectivity index (χ0) is 25.2. The average molecular weight is 493 g/mol. The van der Waals surface area contributed by atoms with Gasteiger partial charge >= 0.3 is 12.4 Å². The van der Waals surface area contributed by atoms with Crippen molar-refractivity contribution in [3.8, 4) is 5.75 Å². The fourth-order valence-corrected chi connectivity index (χ4v) is 5.00. The second-order valence-corrected chi connectivity index (χ2v) is 9.30. The number of hydrogen-bond donors (Lipinski definition) is 2. The zero-order valence-corrected chi connectivity index (χ0v) is 19.9. The Morgan fingerprint density at radius 1 is 1.06 bits per heavy atom. The number of primary amides is 1. The van der Waals surface area contributed by atoms with Gasteiger partial charge in [0.2, 0.25) is 5.95 Å². The summed E-state index contributed by atoms with van der Waals surface area (Å²) in [5.41, 5.74) is 8.43. The van der Waals surface area contributed by atoms with E-state index in [0.29, 0.717) is 24.5 Å². The minimum absolute atomic E-state index is 0.151. The minimum Gasteiger partial charge on any atom is -0.406 e. The summed E-state index contributed by atoms with van der Waals surface area (Å²) in [4.78, 5) is 25.3. The van der Waals surface area contributed by atoms with Crippen molar-refractivity contribution in [2.75, 3.05) is 29.2 Å². The summed E-state index contributed by atoms with van der Waals surface area (Å²) in [6.45, 7) is 0. The van der Waals surface area contributed by atoms with Gasteiger partial charge in [-0.2, -0.15) is 4.98 Å². The van der Waals surface area contributed by atoms with Gasteiger partial charge in [0.05, 0.1) is 5.69 Å². The number of carbonyl (C=O) groups is 1. The fourth-order valence-electron chi connectivity index (χ4n) is 5.00. The third-order valence-electron chi connectivity index (χ3n) is 6.57. The van der Waals surface area contributed by atoms with Gasteiger partial charge in [-0.15, -0.1) is 13.2 Å². The van der Waals surface area contributed by atoms with E-state index in [1.54, 1.807) is 0 Å². The molecule has 1 saturated carbocycles. The van der Waals surface area contributed by atoms with E-state index < -0.39 is 12.4 Å². The first-order valence-corrected chi connectivity index (χ1v) is 11.9. The molecule has 0 spiro atoms. The van der Waals surface area contributed by atoms with Crippen molar-refractivity contribution in [1.82, 2.24) is 9.97 Å². The molecule has 0 aliphatic heterocycles. The number of fused-ring (bicyclic) bond motifs is 1. The summed E-state index contributed by atoms with van der Waals surface area (Å²) in [5.74, 6) is 1.24. The lowest BCUT2D eigenvalue weighted by atomic mass is 9.90. The molecule has 2 amide bonds. The van der Waals surface area contributed by atoms with Crippen LogP contribution in [0.2, 0.25) is 0 Å². The number of urea groups is 1. The molecule has 0 atom stereocenters. The summed E-state index contributed by atoms with van der Waals surface area (Å²) < 4.78 is 41.2. The first kappa shape index (κ1) is 24.9. The Balaban J connectivity index is 1.41. The number of hydrogen-bond acceptors (Lipinski definition) is 6. The molecule has 190 valence electrons. The lowest BCUT2D eigenvalue weighted by Crippen LogP contribution is -2.46. The minimum atomic E-state index is -4.77. The summed E-state index contributed by atoms with van der Waals surface area (Å²) in [5, 5.41) is 3.48. The maximum absolute atomic E-state index is 12.4. The summed E-state index contributed by atoms with van der Waals surface area (Å²) >= 11 is 0. The molecule has 0 saturated heterocycles. The highest BCUT2D eigenvalue weighted by molar-refractivity contribution is 5.91. The van der Waals surface area contributed by atoms with E-state index >= 15 is 0 Å². The quantitative estimate of drug-likeness (QED) is 0.611. The van der Waals surface area contributed by atoms with Crippen LogP contribution in [0.25, 0.3) is 0 Å². The maximum atomic E-state index is 12.4. The van der Waals surface area contributed by atoms with Gasteiger partial charge in [-0.25, -0.2) is 9.78 Å². The predicted octanol–water partition coefficient (Wildman–Crippen LogP) is 4.63. The zero-order valence-electron chi connectivity index (χ0n) is 19.9. The highest BCUT2D eigenvalue weighted by Crippen LogP contribution is 2.32. The highest BCUT2D eigenvalue weighted by atomic mass is 19.4. The number of alkyl halides is 3. The van der Waals surface area contributed by atoms with Crippen LogP contribution in [-0.4, -0.2) is 48.5 Å². The highest BCUT2D eigenvalue weighted by Gasteiger charge is 2.32. The van der Waals surface area contributed by atoms with Gasteiger partial charge in [-0.3, -0.25) is 4.90 Å². The van der Waals surface area contributed by atoms with Crippen molar-refractivity contribution >= 4 is 23.5 Å². The van der Waals surface area contributed by atoms with E-state index in [1.807, 2.05) is 19.0 Å². The number of aromatic nitrogens is 2. The molecule has 4 rings (SSSR count). The lowest BCUT2D eigenvalue weighted by molar-refractivity contribution is -0.274. The number of nitrogens with two attached hydrogens (primary N) is 1. The average Bonchev–Trinajstić information content (AvgIpc) is 2.80. The molecule has 35 heavy (non-hydrogen) atoms. The number of nitrogens with zero attached hydrogens (tertiary/aromatic N) is 4. The van der Waals surface area contributed by atoms with Crippen LogP contribution < -0.4 is 25.6 Å². The van der Waals surface area contributed by atoms with Crippen molar-refractivity contribution in [2.45, 2.75) is 69.8 Å². The SMILES string of the molecule is CN(C)c1nc(NC2CCC(N(C(N)=O)c3ccc(OC(F)(F)F)cc3)CC2)nc2c1CCCC2. The van der Waals surface area contributed by atoms with Gasteiger partial charge in [0.25, 0.3) is 0 Å². The van der Waals surface area contributed by atoms with Gasteiger partial charge in [0.1, 0.15) is 11.6 Å². The largest absolute Gasteiger partial charge is 0.573 e. The standard InChI is InChI=1S/C24H31F3N6O2/c1-32(2)21-19-5-3-4-6-20(19)30-23(31-21)29-15-7-9-16(10-8-15)33(22(28)34)17-11-13-18(14-12-17)35-24(25,26)27/h11-16H,3-10H2,1-2H3,(H2,28,34)(H,29,30,31). The van der Waals surface area contributed by atoms with Crippen LogP contribution in [0.3, 0.4) is 0 Å². The first-order chi connectivity index (χ1) is 16.6. The van der Waals surface area contributed by atoms with Gasteiger partial charge in [-0.05, 0) is 75.6 Å². The molecule has 2 aromatic rings. The third kappa shape index (κ3) is 6.07. The second kappa shape index (κ2) is 10.2. The van der Waals surface area contributed by atoms with E-state index in [1.165, 1.54) is 34.7 Å². The Kier molecular flexibility index (Phi) is 7.23. The van der Waals surface area contributed by atoms with Crippen molar-refractivity contribution in [3.63, 3.8) is 0 Å². The van der Waals surface area contributed by atoms with E-state index in [4.69, 9.17) is 15.7 Å². The van der Waals surface area contributed by atoms with E-state index in [0.717, 1.165) is 50.0 Å². The molecule has 2 aliphatic rings. The monoisotopic (exact) mass is 492 g/mol. The number of benzene rings is 1. The van der Waals surface area contributed by atoms with E-state index in [-0.39, 0.29) is 17.8 Å². The number of carbonyl (C=O) groups excluding carboxylic acids is 1. The fraction of sp³-hybridized carbons (Fsp3) is 0.542. The number of ether oxygens (including phenoxy) is 1. The molecule has 0 bridgehead atoms. The van der Waals surface area contributed by atoms with Crippen molar-refractivity contribution in [2.24, 2.45) is 5.73 Å². The first-order valence-electron chi connectivity index (χ1n) is 11.9. The van der Waals surface area contributed by atoms with Crippen LogP contribution in [0.15, 0.2) is 24.3 Å². The Bertz CT molecular complexity index is 1040. The smallest absolute Gasteiger partial charge is 0.406 e. The second-order valence-electron chi connectivity index (χ2n) is 9.30. The number of anilines is 3. The van der Waals surface area contributed by atoms with Crippen LogP contribution in [0.4, 0.5) is 35.4 Å². The number of rotatable bonds is 6. The molecule has 0 radical (unpaired) electrons. The lowest BCUT2D eigenvalue weighted by Gasteiger charge is -2.36. The normalized spacial score (nSPS) is 20.0. The van der Waals surface area contributed by atoms with Crippen LogP contribution in [0, 0.1) is 0 Å². The Hall–Kier alpha value is -3.24. The third-order valence-corrected chi connectivity index (χ3v) is 6.57. The summed E-state index contributed by atoms with van der Waals surface area (Å²) in [6.07, 6.45) is 2.41. The number of halogens is 3. The van der Waals surface area contributed by atoms with Gasteiger partial charge < -0.3 is 20.7 Å². The molecule has 3 N–H and O–H groups in total. The van der Waals surface area contributed by atoms with Gasteiger partial charge in [-0.1, -0.05) is 0 Å². The van der Waals surface area contributed by atoms with Crippen LogP contribution >= 0.6 is 0 Å². The Morgan fingerprint density at radius 3 is 2.31 bits per heavy atom. The molecule has 1 aromatic heterocycles. The van der Waals surface area contributed by atoms with Crippen LogP contribution in [0.1, 0.15) is 49.8 Å². The van der Waals surface area contributed by atoms with Crippen LogP contribution in [-0.2, 0) is 12.8 Å². The van der Waals surface area contributed by atoms with Crippen LogP contribution in [0.5, 0.6) is 5.75 Å². The molecular weight excluding hydrogens is 461 g/mol. The summed E-state index contributed by atoms with van der Waals surface area (Å²) in [6, 6.07) is 4.56. The topological polar surface area (TPSA) is 96.6 Å². The Labute approximate surface area is 202 Å². The van der Waals surface area contributed by atoms with E-state index in [9.17, 15) is 18.0 Å². The van der Waals surface area contributed by atoms with Crippen molar-refractivity contribution in [1.29, 1.82) is 0 Å². The predicted molar refractivity (Wildman–Crippen MR) is 128 cm³/mol.